The zero-order valence-electron chi connectivity index (χ0n) is 14.6. The molecular weight excluding hydrogens is 358 g/mol. The first-order chi connectivity index (χ1) is 10.7. The van der Waals surface area contributed by atoms with Crippen LogP contribution in [0.5, 0.6) is 0 Å². The fourth-order valence-corrected chi connectivity index (χ4v) is 3.48. The standard InChI is InChI=1S/C18H26BrNO3/c1-12-8-14(19)9-13(2)16(12)10-20(15-6-7-22-11-15)17(21)23-18(3,4)5/h8-9,15H,6-7,10-11H2,1-5H3. The van der Waals surface area contributed by atoms with E-state index in [2.05, 4.69) is 41.9 Å². The maximum Gasteiger partial charge on any atom is 0.410 e. The van der Waals surface area contributed by atoms with Crippen LogP contribution in [0.2, 0.25) is 0 Å². The van der Waals surface area contributed by atoms with E-state index in [4.69, 9.17) is 9.47 Å². The predicted octanol–water partition coefficient (Wildman–Crippen LogP) is 4.59. The van der Waals surface area contributed by atoms with Crippen LogP contribution in [-0.4, -0.2) is 35.8 Å². The van der Waals surface area contributed by atoms with Gasteiger partial charge in [0.25, 0.3) is 0 Å². The molecule has 0 saturated carbocycles. The second-order valence-corrected chi connectivity index (χ2v) is 8.06. The predicted molar refractivity (Wildman–Crippen MR) is 94.6 cm³/mol. The molecule has 1 saturated heterocycles. The fraction of sp³-hybridized carbons (Fsp3) is 0.611. The number of amides is 1. The second kappa shape index (κ2) is 7.22. The van der Waals surface area contributed by atoms with Crippen molar-refractivity contribution in [2.75, 3.05) is 13.2 Å². The van der Waals surface area contributed by atoms with Gasteiger partial charge in [0.15, 0.2) is 0 Å². The molecule has 0 radical (unpaired) electrons. The van der Waals surface area contributed by atoms with E-state index in [1.165, 1.54) is 16.7 Å². The van der Waals surface area contributed by atoms with E-state index in [-0.39, 0.29) is 12.1 Å². The largest absolute Gasteiger partial charge is 0.444 e. The molecule has 0 N–H and O–H groups in total. The van der Waals surface area contributed by atoms with Crippen LogP contribution >= 0.6 is 15.9 Å². The van der Waals surface area contributed by atoms with Crippen LogP contribution in [0.4, 0.5) is 4.79 Å². The summed E-state index contributed by atoms with van der Waals surface area (Å²) in [6.07, 6.45) is 0.586. The third kappa shape index (κ3) is 4.95. The molecule has 1 atom stereocenters. The number of hydrogen-bond acceptors (Lipinski definition) is 3. The summed E-state index contributed by atoms with van der Waals surface area (Å²) >= 11 is 3.52. The number of rotatable bonds is 3. The first kappa shape index (κ1) is 18.3. The van der Waals surface area contributed by atoms with Crippen molar-refractivity contribution in [2.24, 2.45) is 0 Å². The molecule has 1 amide bonds. The van der Waals surface area contributed by atoms with Crippen LogP contribution in [0.15, 0.2) is 16.6 Å². The van der Waals surface area contributed by atoms with Gasteiger partial charge >= 0.3 is 6.09 Å². The Labute approximate surface area is 147 Å². The van der Waals surface area contributed by atoms with Gasteiger partial charge in [0.1, 0.15) is 5.60 Å². The molecule has 1 aromatic carbocycles. The highest BCUT2D eigenvalue weighted by Crippen LogP contribution is 2.25. The van der Waals surface area contributed by atoms with Crippen molar-refractivity contribution in [1.82, 2.24) is 4.90 Å². The van der Waals surface area contributed by atoms with Gasteiger partial charge < -0.3 is 9.47 Å². The van der Waals surface area contributed by atoms with E-state index < -0.39 is 5.60 Å². The molecule has 1 heterocycles. The Morgan fingerprint density at radius 1 is 1.35 bits per heavy atom. The summed E-state index contributed by atoms with van der Waals surface area (Å²) in [6.45, 7) is 11.7. The Balaban J connectivity index is 2.26. The van der Waals surface area contributed by atoms with Crippen molar-refractivity contribution in [1.29, 1.82) is 0 Å². The summed E-state index contributed by atoms with van der Waals surface area (Å²) < 4.78 is 12.1. The highest BCUT2D eigenvalue weighted by molar-refractivity contribution is 9.10. The van der Waals surface area contributed by atoms with Crippen molar-refractivity contribution in [2.45, 2.75) is 59.2 Å². The molecular formula is C18H26BrNO3. The summed E-state index contributed by atoms with van der Waals surface area (Å²) in [6, 6.07) is 4.24. The van der Waals surface area contributed by atoms with Gasteiger partial charge in [0.2, 0.25) is 0 Å². The van der Waals surface area contributed by atoms with Crippen LogP contribution in [0, 0.1) is 13.8 Å². The Morgan fingerprint density at radius 2 is 1.96 bits per heavy atom. The molecule has 1 aromatic rings. The first-order valence-electron chi connectivity index (χ1n) is 8.00. The topological polar surface area (TPSA) is 38.8 Å². The normalized spacial score (nSPS) is 18.1. The lowest BCUT2D eigenvalue weighted by Gasteiger charge is -2.32. The van der Waals surface area contributed by atoms with Gasteiger partial charge in [0.05, 0.1) is 12.6 Å². The SMILES string of the molecule is Cc1cc(Br)cc(C)c1CN(C(=O)OC(C)(C)C)C1CCOC1. The Hall–Kier alpha value is -1.07. The van der Waals surface area contributed by atoms with E-state index in [9.17, 15) is 4.79 Å². The van der Waals surface area contributed by atoms with Gasteiger partial charge in [-0.05, 0) is 69.9 Å². The smallest absolute Gasteiger partial charge is 0.410 e. The molecule has 1 unspecified atom stereocenters. The molecule has 1 fully saturated rings. The minimum Gasteiger partial charge on any atom is -0.444 e. The molecule has 0 aliphatic carbocycles. The fourth-order valence-electron chi connectivity index (χ4n) is 2.79. The lowest BCUT2D eigenvalue weighted by atomic mass is 10.0. The highest BCUT2D eigenvalue weighted by Gasteiger charge is 2.31. The molecule has 128 valence electrons. The number of nitrogens with zero attached hydrogens (tertiary/aromatic N) is 1. The van der Waals surface area contributed by atoms with E-state index in [0.29, 0.717) is 19.8 Å². The van der Waals surface area contributed by atoms with Gasteiger partial charge in [-0.15, -0.1) is 0 Å². The maximum atomic E-state index is 12.7. The summed E-state index contributed by atoms with van der Waals surface area (Å²) in [5.41, 5.74) is 3.01. The summed E-state index contributed by atoms with van der Waals surface area (Å²) in [5.74, 6) is 0. The Bertz CT molecular complexity index is 551. The van der Waals surface area contributed by atoms with E-state index >= 15 is 0 Å². The van der Waals surface area contributed by atoms with Crippen LogP contribution < -0.4 is 0 Å². The Morgan fingerprint density at radius 3 is 2.43 bits per heavy atom. The lowest BCUT2D eigenvalue weighted by molar-refractivity contribution is 0.0125. The molecule has 2 rings (SSSR count). The number of carbonyl (C=O) groups excluding carboxylic acids is 1. The molecule has 0 aromatic heterocycles. The van der Waals surface area contributed by atoms with Gasteiger partial charge in [0, 0.05) is 17.6 Å². The molecule has 1 aliphatic heterocycles. The van der Waals surface area contributed by atoms with Gasteiger partial charge in [-0.25, -0.2) is 4.79 Å². The van der Waals surface area contributed by atoms with Crippen molar-refractivity contribution >= 4 is 22.0 Å². The molecule has 5 heteroatoms. The lowest BCUT2D eigenvalue weighted by Crippen LogP contribution is -2.43. The number of aryl methyl sites for hydroxylation is 2. The number of halogens is 1. The Kier molecular flexibility index (Phi) is 5.74. The first-order valence-corrected chi connectivity index (χ1v) is 8.79. The average Bonchev–Trinajstić information content (AvgIpc) is 2.89. The zero-order chi connectivity index (χ0) is 17.2. The highest BCUT2D eigenvalue weighted by atomic mass is 79.9. The van der Waals surface area contributed by atoms with Crippen molar-refractivity contribution in [3.63, 3.8) is 0 Å². The third-order valence-electron chi connectivity index (χ3n) is 3.96. The van der Waals surface area contributed by atoms with Crippen LogP contribution in [-0.2, 0) is 16.0 Å². The third-order valence-corrected chi connectivity index (χ3v) is 4.42. The van der Waals surface area contributed by atoms with Crippen LogP contribution in [0.3, 0.4) is 0 Å². The number of ether oxygens (including phenoxy) is 2. The molecule has 1 aliphatic rings. The molecule has 23 heavy (non-hydrogen) atoms. The summed E-state index contributed by atoms with van der Waals surface area (Å²) in [5, 5.41) is 0. The van der Waals surface area contributed by atoms with E-state index in [1.807, 2.05) is 25.7 Å². The van der Waals surface area contributed by atoms with Crippen LogP contribution in [0.1, 0.15) is 43.9 Å². The van der Waals surface area contributed by atoms with Crippen molar-refractivity contribution in [3.05, 3.63) is 33.3 Å². The monoisotopic (exact) mass is 383 g/mol. The molecule has 0 spiro atoms. The molecule has 4 nitrogen and oxygen atoms in total. The molecule has 0 bridgehead atoms. The summed E-state index contributed by atoms with van der Waals surface area (Å²) in [4.78, 5) is 14.5. The number of carbonyl (C=O) groups is 1. The van der Waals surface area contributed by atoms with E-state index in [0.717, 1.165) is 10.9 Å². The maximum absolute atomic E-state index is 12.7. The van der Waals surface area contributed by atoms with Gasteiger partial charge in [-0.3, -0.25) is 4.90 Å². The van der Waals surface area contributed by atoms with Crippen molar-refractivity contribution < 1.29 is 14.3 Å². The summed E-state index contributed by atoms with van der Waals surface area (Å²) in [7, 11) is 0. The second-order valence-electron chi connectivity index (χ2n) is 7.14. The minimum atomic E-state index is -0.501. The van der Waals surface area contributed by atoms with Crippen LogP contribution in [0.25, 0.3) is 0 Å². The average molecular weight is 384 g/mol. The zero-order valence-corrected chi connectivity index (χ0v) is 16.2. The van der Waals surface area contributed by atoms with E-state index in [1.54, 1.807) is 0 Å². The van der Waals surface area contributed by atoms with Crippen molar-refractivity contribution in [3.8, 4) is 0 Å². The number of hydrogen-bond donors (Lipinski definition) is 0. The minimum absolute atomic E-state index is 0.0762. The van der Waals surface area contributed by atoms with Gasteiger partial charge in [-0.2, -0.15) is 0 Å². The quantitative estimate of drug-likeness (QED) is 0.765. The van der Waals surface area contributed by atoms with Gasteiger partial charge in [-0.1, -0.05) is 15.9 Å². The number of benzene rings is 1.